The maximum Gasteiger partial charge on any atom is 0.321 e. The smallest absolute Gasteiger partial charge is 0.321 e. The van der Waals surface area contributed by atoms with Gasteiger partial charge in [-0.2, -0.15) is 0 Å². The van der Waals surface area contributed by atoms with E-state index >= 15 is 0 Å². The molecule has 3 nitrogen and oxygen atoms in total. The number of nitrogens with zero attached hydrogens (tertiary/aromatic N) is 1. The highest BCUT2D eigenvalue weighted by molar-refractivity contribution is 5.75. The molecule has 1 saturated heterocycles. The molecule has 1 heterocycles. The Hall–Kier alpha value is -1.35. The molecule has 1 aliphatic heterocycles. The van der Waals surface area contributed by atoms with Gasteiger partial charge in [-0.3, -0.25) is 9.69 Å². The van der Waals surface area contributed by atoms with Crippen molar-refractivity contribution in [3.05, 3.63) is 35.9 Å². The normalized spacial score (nSPS) is 20.3. The van der Waals surface area contributed by atoms with E-state index in [1.54, 1.807) is 0 Å². The van der Waals surface area contributed by atoms with Gasteiger partial charge in [-0.1, -0.05) is 43.7 Å². The van der Waals surface area contributed by atoms with Crippen LogP contribution in [0.5, 0.6) is 0 Å². The van der Waals surface area contributed by atoms with Gasteiger partial charge in [0.25, 0.3) is 0 Å². The lowest BCUT2D eigenvalue weighted by Crippen LogP contribution is -2.47. The minimum absolute atomic E-state index is 0.0294. The third-order valence-corrected chi connectivity index (χ3v) is 3.84. The summed E-state index contributed by atoms with van der Waals surface area (Å²) in [6.45, 7) is 3.84. The third-order valence-electron chi connectivity index (χ3n) is 3.84. The van der Waals surface area contributed by atoms with Gasteiger partial charge in [-0.05, 0) is 31.5 Å². The Kier molecular flexibility index (Phi) is 4.37. The van der Waals surface area contributed by atoms with Gasteiger partial charge < -0.3 is 5.11 Å². The number of carboxylic acids is 1. The average Bonchev–Trinajstić information content (AvgIpc) is 2.40. The summed E-state index contributed by atoms with van der Waals surface area (Å²) < 4.78 is 0. The van der Waals surface area contributed by atoms with Crippen LogP contribution in [0.15, 0.2) is 30.3 Å². The highest BCUT2D eigenvalue weighted by atomic mass is 16.4. The molecule has 2 rings (SSSR count). The molecular formula is C15H21NO2. The lowest BCUT2D eigenvalue weighted by Gasteiger charge is -2.35. The van der Waals surface area contributed by atoms with Gasteiger partial charge in [0.05, 0.1) is 0 Å². The number of aliphatic carboxylic acids is 1. The quantitative estimate of drug-likeness (QED) is 0.889. The maximum atomic E-state index is 11.6. The first-order valence-corrected chi connectivity index (χ1v) is 6.72. The number of benzene rings is 1. The SMILES string of the molecule is CC(c1ccccc1)C(C(=O)O)N1CCCCC1. The largest absolute Gasteiger partial charge is 0.480 e. The van der Waals surface area contributed by atoms with Crippen molar-refractivity contribution in [1.29, 1.82) is 0 Å². The molecule has 0 aromatic heterocycles. The monoisotopic (exact) mass is 247 g/mol. The molecule has 3 heteroatoms. The van der Waals surface area contributed by atoms with Gasteiger partial charge in [0.2, 0.25) is 0 Å². The number of carbonyl (C=O) groups is 1. The number of carboxylic acid groups (broad SMARTS) is 1. The number of hydrogen-bond acceptors (Lipinski definition) is 2. The van der Waals surface area contributed by atoms with Gasteiger partial charge >= 0.3 is 5.97 Å². The van der Waals surface area contributed by atoms with Crippen molar-refractivity contribution in [2.75, 3.05) is 13.1 Å². The number of rotatable bonds is 4. The van der Waals surface area contributed by atoms with Gasteiger partial charge in [-0.15, -0.1) is 0 Å². The zero-order valence-electron chi connectivity index (χ0n) is 10.9. The molecule has 0 spiro atoms. The molecule has 98 valence electrons. The van der Waals surface area contributed by atoms with Crippen molar-refractivity contribution in [2.24, 2.45) is 0 Å². The summed E-state index contributed by atoms with van der Waals surface area (Å²) in [4.78, 5) is 13.7. The lowest BCUT2D eigenvalue weighted by molar-refractivity contribution is -0.144. The Morgan fingerprint density at radius 1 is 1.17 bits per heavy atom. The highest BCUT2D eigenvalue weighted by Gasteiger charge is 2.32. The van der Waals surface area contributed by atoms with Crippen LogP contribution in [-0.4, -0.2) is 35.1 Å². The van der Waals surface area contributed by atoms with Gasteiger partial charge in [0.1, 0.15) is 6.04 Å². The molecule has 0 amide bonds. The van der Waals surface area contributed by atoms with Gasteiger partial charge in [0, 0.05) is 5.92 Å². The first kappa shape index (κ1) is 13.1. The van der Waals surface area contributed by atoms with E-state index in [2.05, 4.69) is 4.90 Å². The van der Waals surface area contributed by atoms with E-state index in [0.29, 0.717) is 0 Å². The zero-order valence-corrected chi connectivity index (χ0v) is 10.9. The second-order valence-corrected chi connectivity index (χ2v) is 5.08. The predicted molar refractivity (Wildman–Crippen MR) is 71.7 cm³/mol. The van der Waals surface area contributed by atoms with Gasteiger partial charge in [-0.25, -0.2) is 0 Å². The van der Waals surface area contributed by atoms with Crippen LogP contribution in [0.4, 0.5) is 0 Å². The van der Waals surface area contributed by atoms with Gasteiger partial charge in [0.15, 0.2) is 0 Å². The van der Waals surface area contributed by atoms with E-state index < -0.39 is 12.0 Å². The van der Waals surface area contributed by atoms with Crippen LogP contribution in [0.2, 0.25) is 0 Å². The summed E-state index contributed by atoms with van der Waals surface area (Å²) in [5.41, 5.74) is 1.11. The lowest BCUT2D eigenvalue weighted by atomic mass is 9.91. The fourth-order valence-corrected chi connectivity index (χ4v) is 2.82. The van der Waals surface area contributed by atoms with Crippen molar-refractivity contribution < 1.29 is 9.90 Å². The first-order valence-electron chi connectivity index (χ1n) is 6.72. The second kappa shape index (κ2) is 6.01. The molecule has 1 N–H and O–H groups in total. The molecule has 2 atom stereocenters. The first-order chi connectivity index (χ1) is 8.70. The number of likely N-dealkylation sites (tertiary alicyclic amines) is 1. The number of hydrogen-bond donors (Lipinski definition) is 1. The average molecular weight is 247 g/mol. The van der Waals surface area contributed by atoms with E-state index in [-0.39, 0.29) is 5.92 Å². The summed E-state index contributed by atoms with van der Waals surface area (Å²) in [7, 11) is 0. The number of piperidine rings is 1. The zero-order chi connectivity index (χ0) is 13.0. The van der Waals surface area contributed by atoms with Crippen molar-refractivity contribution in [3.8, 4) is 0 Å². The van der Waals surface area contributed by atoms with Crippen molar-refractivity contribution in [2.45, 2.75) is 38.1 Å². The summed E-state index contributed by atoms with van der Waals surface area (Å²) >= 11 is 0. The Morgan fingerprint density at radius 2 is 1.78 bits per heavy atom. The van der Waals surface area contributed by atoms with Crippen molar-refractivity contribution in [3.63, 3.8) is 0 Å². The minimum atomic E-state index is -0.701. The van der Waals surface area contributed by atoms with Crippen molar-refractivity contribution in [1.82, 2.24) is 4.90 Å². The van der Waals surface area contributed by atoms with Crippen LogP contribution in [0, 0.1) is 0 Å². The summed E-state index contributed by atoms with van der Waals surface area (Å²) in [5, 5.41) is 9.52. The Balaban J connectivity index is 2.16. The van der Waals surface area contributed by atoms with Crippen molar-refractivity contribution >= 4 is 5.97 Å². The second-order valence-electron chi connectivity index (χ2n) is 5.08. The fraction of sp³-hybridized carbons (Fsp3) is 0.533. The molecule has 2 unspecified atom stereocenters. The molecule has 1 aliphatic rings. The molecule has 0 aliphatic carbocycles. The molecular weight excluding hydrogens is 226 g/mol. The topological polar surface area (TPSA) is 40.5 Å². The molecule has 1 aromatic carbocycles. The summed E-state index contributed by atoms with van der Waals surface area (Å²) in [5.74, 6) is -0.671. The van der Waals surface area contributed by atoms with E-state index in [1.807, 2.05) is 37.3 Å². The standard InChI is InChI=1S/C15H21NO2/c1-12(13-8-4-2-5-9-13)14(15(17)18)16-10-6-3-7-11-16/h2,4-5,8-9,12,14H,3,6-7,10-11H2,1H3,(H,17,18). The van der Waals surface area contributed by atoms with E-state index in [0.717, 1.165) is 31.5 Å². The molecule has 1 aromatic rings. The van der Waals surface area contributed by atoms with Crippen LogP contribution < -0.4 is 0 Å². The Bertz CT molecular complexity index is 385. The Labute approximate surface area is 108 Å². The molecule has 0 bridgehead atoms. The Morgan fingerprint density at radius 3 is 2.33 bits per heavy atom. The van der Waals surface area contributed by atoms with E-state index in [4.69, 9.17) is 0 Å². The maximum absolute atomic E-state index is 11.6. The van der Waals surface area contributed by atoms with Crippen LogP contribution in [0.1, 0.15) is 37.7 Å². The van der Waals surface area contributed by atoms with Crippen LogP contribution in [-0.2, 0) is 4.79 Å². The van der Waals surface area contributed by atoms with Crippen LogP contribution in [0.3, 0.4) is 0 Å². The minimum Gasteiger partial charge on any atom is -0.480 e. The van der Waals surface area contributed by atoms with Crippen LogP contribution in [0.25, 0.3) is 0 Å². The summed E-state index contributed by atoms with van der Waals surface area (Å²) in [6, 6.07) is 9.55. The highest BCUT2D eigenvalue weighted by Crippen LogP contribution is 2.25. The third kappa shape index (κ3) is 2.91. The van der Waals surface area contributed by atoms with E-state index in [9.17, 15) is 9.90 Å². The fourth-order valence-electron chi connectivity index (χ4n) is 2.82. The van der Waals surface area contributed by atoms with E-state index in [1.165, 1.54) is 6.42 Å². The molecule has 0 saturated carbocycles. The molecule has 18 heavy (non-hydrogen) atoms. The summed E-state index contributed by atoms with van der Waals surface area (Å²) in [6.07, 6.45) is 3.46. The predicted octanol–water partition coefficient (Wildman–Crippen LogP) is 2.73. The van der Waals surface area contributed by atoms with Crippen LogP contribution >= 0.6 is 0 Å². The molecule has 0 radical (unpaired) electrons. The molecule has 1 fully saturated rings.